The van der Waals surface area contributed by atoms with Crippen LogP contribution in [0.5, 0.6) is 0 Å². The number of nitrogens with zero attached hydrogens (tertiary/aromatic N) is 3. The quantitative estimate of drug-likeness (QED) is 0.572. The Morgan fingerprint density at radius 2 is 2.08 bits per heavy atom. The molecular formula is C15H23N5O4. The third-order valence-corrected chi connectivity index (χ3v) is 4.24. The van der Waals surface area contributed by atoms with Gasteiger partial charge in [0, 0.05) is 37.8 Å². The average molecular weight is 337 g/mol. The molecule has 0 saturated carbocycles. The van der Waals surface area contributed by atoms with Crippen molar-refractivity contribution >= 4 is 17.8 Å². The van der Waals surface area contributed by atoms with Gasteiger partial charge in [-0.3, -0.25) is 19.6 Å². The maximum atomic E-state index is 12.5. The minimum atomic E-state index is -0.681. The first-order valence-electron chi connectivity index (χ1n) is 7.82. The van der Waals surface area contributed by atoms with E-state index in [2.05, 4.69) is 15.7 Å². The van der Waals surface area contributed by atoms with Crippen molar-refractivity contribution in [3.63, 3.8) is 0 Å². The van der Waals surface area contributed by atoms with Gasteiger partial charge in [0.05, 0.1) is 12.3 Å². The van der Waals surface area contributed by atoms with Gasteiger partial charge in [0.15, 0.2) is 0 Å². The molecule has 0 bridgehead atoms. The summed E-state index contributed by atoms with van der Waals surface area (Å²) >= 11 is 0. The first-order valence-corrected chi connectivity index (χ1v) is 7.82. The van der Waals surface area contributed by atoms with E-state index in [1.165, 1.54) is 0 Å². The van der Waals surface area contributed by atoms with Crippen LogP contribution in [0.1, 0.15) is 29.8 Å². The molecule has 9 heteroatoms. The number of carbonyl (C=O) groups excluding carboxylic acids is 3. The standard InChI is InChI=1S/C15H23N5O4/c1-9-11(10(2)19(3)18-9)8-20(6-7-21)13(22)5-4-12-14(23)17-15(24)16-12/h12,21H,4-8H2,1-3H3,(H2,16,17,23,24)/t12-/m1/s1. The number of imide groups is 1. The van der Waals surface area contributed by atoms with Gasteiger partial charge >= 0.3 is 6.03 Å². The highest BCUT2D eigenvalue weighted by atomic mass is 16.3. The van der Waals surface area contributed by atoms with Gasteiger partial charge in [-0.1, -0.05) is 0 Å². The number of urea groups is 1. The SMILES string of the molecule is Cc1nn(C)c(C)c1CN(CCO)C(=O)CC[C@H]1NC(=O)NC1=O. The minimum Gasteiger partial charge on any atom is -0.395 e. The molecule has 0 aromatic carbocycles. The highest BCUT2D eigenvalue weighted by Crippen LogP contribution is 2.16. The van der Waals surface area contributed by atoms with E-state index in [1.807, 2.05) is 20.9 Å². The molecule has 0 unspecified atom stereocenters. The van der Waals surface area contributed by atoms with Gasteiger partial charge in [-0.15, -0.1) is 0 Å². The molecule has 9 nitrogen and oxygen atoms in total. The fourth-order valence-corrected chi connectivity index (χ4v) is 2.74. The summed E-state index contributed by atoms with van der Waals surface area (Å²) < 4.78 is 1.75. The van der Waals surface area contributed by atoms with Crippen LogP contribution in [0.2, 0.25) is 0 Å². The normalized spacial score (nSPS) is 16.9. The zero-order valence-corrected chi connectivity index (χ0v) is 14.1. The van der Waals surface area contributed by atoms with E-state index < -0.39 is 18.0 Å². The van der Waals surface area contributed by atoms with E-state index in [1.54, 1.807) is 9.58 Å². The van der Waals surface area contributed by atoms with Crippen molar-refractivity contribution in [3.8, 4) is 0 Å². The number of amides is 4. The van der Waals surface area contributed by atoms with Gasteiger partial charge < -0.3 is 15.3 Å². The molecule has 4 amide bonds. The predicted molar refractivity (Wildman–Crippen MR) is 84.9 cm³/mol. The van der Waals surface area contributed by atoms with Crippen molar-refractivity contribution in [2.75, 3.05) is 13.2 Å². The lowest BCUT2D eigenvalue weighted by molar-refractivity contribution is -0.132. The summed E-state index contributed by atoms with van der Waals surface area (Å²) in [5.41, 5.74) is 2.75. The Morgan fingerprint density at radius 1 is 1.38 bits per heavy atom. The van der Waals surface area contributed by atoms with Crippen molar-refractivity contribution in [1.29, 1.82) is 0 Å². The Labute approximate surface area is 140 Å². The summed E-state index contributed by atoms with van der Waals surface area (Å²) in [6.07, 6.45) is 0.333. The van der Waals surface area contributed by atoms with E-state index in [0.29, 0.717) is 6.54 Å². The molecule has 24 heavy (non-hydrogen) atoms. The molecular weight excluding hydrogens is 314 g/mol. The summed E-state index contributed by atoms with van der Waals surface area (Å²) in [7, 11) is 1.84. The van der Waals surface area contributed by atoms with Crippen LogP contribution in [0.15, 0.2) is 0 Å². The van der Waals surface area contributed by atoms with Gasteiger partial charge in [0.25, 0.3) is 5.91 Å². The summed E-state index contributed by atoms with van der Waals surface area (Å²) in [5, 5.41) is 18.2. The minimum absolute atomic E-state index is 0.108. The first kappa shape index (κ1) is 17.9. The van der Waals surface area contributed by atoms with Crippen LogP contribution in [-0.4, -0.2) is 56.8 Å². The summed E-state index contributed by atoms with van der Waals surface area (Å²) in [5.74, 6) is -0.596. The van der Waals surface area contributed by atoms with Crippen molar-refractivity contribution in [3.05, 3.63) is 17.0 Å². The van der Waals surface area contributed by atoms with Gasteiger partial charge in [-0.25, -0.2) is 4.79 Å². The topological polar surface area (TPSA) is 117 Å². The molecule has 2 rings (SSSR count). The molecule has 0 spiro atoms. The molecule has 1 saturated heterocycles. The molecule has 1 aliphatic heterocycles. The summed E-state index contributed by atoms with van der Waals surface area (Å²) in [6, 6.07) is -1.22. The maximum Gasteiger partial charge on any atom is 0.322 e. The predicted octanol–water partition coefficient (Wildman–Crippen LogP) is -0.654. The Morgan fingerprint density at radius 3 is 2.58 bits per heavy atom. The number of rotatable bonds is 7. The number of aryl methyl sites for hydroxylation is 2. The number of aliphatic hydroxyl groups is 1. The number of carbonyl (C=O) groups is 3. The molecule has 1 aromatic rings. The van der Waals surface area contributed by atoms with Gasteiger partial charge in [0.2, 0.25) is 5.91 Å². The molecule has 0 aliphatic carbocycles. The largest absolute Gasteiger partial charge is 0.395 e. The molecule has 1 fully saturated rings. The van der Waals surface area contributed by atoms with Crippen molar-refractivity contribution in [1.82, 2.24) is 25.3 Å². The van der Waals surface area contributed by atoms with E-state index in [9.17, 15) is 19.5 Å². The number of hydrogen-bond donors (Lipinski definition) is 3. The van der Waals surface area contributed by atoms with E-state index in [-0.39, 0.29) is 31.9 Å². The third-order valence-electron chi connectivity index (χ3n) is 4.24. The lowest BCUT2D eigenvalue weighted by Crippen LogP contribution is -2.36. The highest BCUT2D eigenvalue weighted by molar-refractivity contribution is 6.04. The van der Waals surface area contributed by atoms with Crippen molar-refractivity contribution in [2.24, 2.45) is 7.05 Å². The molecule has 3 N–H and O–H groups in total. The van der Waals surface area contributed by atoms with Gasteiger partial charge in [0.1, 0.15) is 6.04 Å². The molecule has 0 radical (unpaired) electrons. The van der Waals surface area contributed by atoms with E-state index in [0.717, 1.165) is 17.0 Å². The zero-order valence-electron chi connectivity index (χ0n) is 14.1. The smallest absolute Gasteiger partial charge is 0.322 e. The number of aliphatic hydroxyl groups excluding tert-OH is 1. The van der Waals surface area contributed by atoms with E-state index >= 15 is 0 Å². The first-order chi connectivity index (χ1) is 11.3. The Kier molecular flexibility index (Phi) is 5.55. The van der Waals surface area contributed by atoms with Gasteiger partial charge in [-0.05, 0) is 20.3 Å². The summed E-state index contributed by atoms with van der Waals surface area (Å²) in [4.78, 5) is 36.6. The van der Waals surface area contributed by atoms with E-state index in [4.69, 9.17) is 0 Å². The fraction of sp³-hybridized carbons (Fsp3) is 0.600. The molecule has 1 aromatic heterocycles. The molecule has 2 heterocycles. The van der Waals surface area contributed by atoms with Crippen molar-refractivity contribution in [2.45, 2.75) is 39.3 Å². The molecule has 132 valence electrons. The Balaban J connectivity index is 2.00. The second-order valence-electron chi connectivity index (χ2n) is 5.87. The molecule has 1 aliphatic rings. The number of nitrogens with one attached hydrogen (secondary N) is 2. The van der Waals surface area contributed by atoms with Crippen LogP contribution >= 0.6 is 0 Å². The summed E-state index contributed by atoms with van der Waals surface area (Å²) in [6.45, 7) is 4.21. The monoisotopic (exact) mass is 337 g/mol. The molecule has 1 atom stereocenters. The van der Waals surface area contributed by atoms with Crippen LogP contribution in [0.25, 0.3) is 0 Å². The highest BCUT2D eigenvalue weighted by Gasteiger charge is 2.30. The Hall–Kier alpha value is -2.42. The van der Waals surface area contributed by atoms with Crippen LogP contribution in [0.4, 0.5) is 4.79 Å². The van der Waals surface area contributed by atoms with Crippen molar-refractivity contribution < 1.29 is 19.5 Å². The van der Waals surface area contributed by atoms with Crippen LogP contribution in [0.3, 0.4) is 0 Å². The second-order valence-corrected chi connectivity index (χ2v) is 5.87. The maximum absolute atomic E-state index is 12.5. The zero-order chi connectivity index (χ0) is 17.9. The second kappa shape index (κ2) is 7.43. The lowest BCUT2D eigenvalue weighted by atomic mass is 10.1. The van der Waals surface area contributed by atoms with Crippen LogP contribution in [0, 0.1) is 13.8 Å². The lowest BCUT2D eigenvalue weighted by Gasteiger charge is -2.22. The van der Waals surface area contributed by atoms with Gasteiger partial charge in [-0.2, -0.15) is 5.10 Å². The average Bonchev–Trinajstić information content (AvgIpc) is 2.96. The van der Waals surface area contributed by atoms with Crippen LogP contribution in [-0.2, 0) is 23.2 Å². The number of hydrogen-bond acceptors (Lipinski definition) is 5. The van der Waals surface area contributed by atoms with Crippen LogP contribution < -0.4 is 10.6 Å². The fourth-order valence-electron chi connectivity index (χ4n) is 2.74. The number of aromatic nitrogens is 2. The Bertz CT molecular complexity index is 655. The third kappa shape index (κ3) is 3.91.